The van der Waals surface area contributed by atoms with Crippen molar-refractivity contribution in [3.8, 4) is 0 Å². The van der Waals surface area contributed by atoms with Gasteiger partial charge in [-0.1, -0.05) is 6.92 Å². The van der Waals surface area contributed by atoms with Gasteiger partial charge < -0.3 is 20.4 Å². The van der Waals surface area contributed by atoms with Crippen LogP contribution in [0.1, 0.15) is 68.6 Å². The first kappa shape index (κ1) is 23.0. The Labute approximate surface area is 199 Å². The zero-order chi connectivity index (χ0) is 23.2. The molecular formula is C25H35N3O4S. The molecule has 1 aromatic rings. The molecule has 7 nitrogen and oxygen atoms in total. The molecule has 0 aromatic carbocycles. The van der Waals surface area contributed by atoms with Gasteiger partial charge in [0.25, 0.3) is 5.91 Å². The number of nitrogens with one attached hydrogen (secondary N) is 1. The highest BCUT2D eigenvalue weighted by Gasteiger charge is 2.55. The van der Waals surface area contributed by atoms with Gasteiger partial charge in [0, 0.05) is 19.1 Å². The van der Waals surface area contributed by atoms with E-state index in [0.717, 1.165) is 55.1 Å². The lowest BCUT2D eigenvalue weighted by Crippen LogP contribution is -2.61. The van der Waals surface area contributed by atoms with E-state index in [4.69, 9.17) is 4.98 Å². The number of rotatable bonds is 7. The van der Waals surface area contributed by atoms with Gasteiger partial charge >= 0.3 is 5.97 Å². The Hall–Kier alpha value is -1.80. The Morgan fingerprint density at radius 2 is 1.88 bits per heavy atom. The van der Waals surface area contributed by atoms with Gasteiger partial charge in [-0.25, -0.2) is 4.98 Å². The van der Waals surface area contributed by atoms with Gasteiger partial charge in [0.2, 0.25) is 0 Å². The average Bonchev–Trinajstić information content (AvgIpc) is 2.78. The molecule has 4 bridgehead atoms. The first-order valence-corrected chi connectivity index (χ1v) is 13.5. The number of amides is 1. The normalized spacial score (nSPS) is 33.3. The van der Waals surface area contributed by atoms with Crippen LogP contribution in [-0.2, 0) is 4.79 Å². The molecular weight excluding hydrogens is 438 g/mol. The van der Waals surface area contributed by atoms with Crippen LogP contribution in [0.2, 0.25) is 0 Å². The van der Waals surface area contributed by atoms with Crippen LogP contribution in [0.15, 0.2) is 17.2 Å². The number of pyridine rings is 1. The molecule has 2 unspecified atom stereocenters. The molecule has 0 radical (unpaired) electrons. The number of hydrogen-bond acceptors (Lipinski definition) is 6. The van der Waals surface area contributed by atoms with Crippen molar-refractivity contribution in [2.75, 3.05) is 23.7 Å². The highest BCUT2D eigenvalue weighted by molar-refractivity contribution is 7.99. The monoisotopic (exact) mass is 473 g/mol. The Balaban J connectivity index is 1.31. The number of nitrogens with zero attached hydrogens (tertiary/aromatic N) is 2. The number of carbonyl (C=O) groups is 2. The van der Waals surface area contributed by atoms with Crippen LogP contribution in [0.5, 0.6) is 0 Å². The van der Waals surface area contributed by atoms with E-state index in [1.54, 1.807) is 11.8 Å². The van der Waals surface area contributed by atoms with E-state index in [2.05, 4.69) is 17.1 Å². The second kappa shape index (κ2) is 9.10. The first-order chi connectivity index (χ1) is 15.8. The lowest BCUT2D eigenvalue weighted by atomic mass is 9.52. The Morgan fingerprint density at radius 1 is 1.18 bits per heavy atom. The number of piperidine rings is 1. The molecule has 8 heteroatoms. The van der Waals surface area contributed by atoms with Crippen LogP contribution in [-0.4, -0.2) is 57.6 Å². The zero-order valence-electron chi connectivity index (χ0n) is 19.3. The minimum Gasteiger partial charge on any atom is -0.481 e. The molecule has 2 heterocycles. The van der Waals surface area contributed by atoms with E-state index in [9.17, 15) is 19.8 Å². The molecule has 0 spiro atoms. The fourth-order valence-electron chi connectivity index (χ4n) is 6.89. The third-order valence-electron chi connectivity index (χ3n) is 8.24. The van der Waals surface area contributed by atoms with Crippen LogP contribution < -0.4 is 10.2 Å². The number of carboxylic acids is 1. The number of aliphatic carboxylic acids is 1. The molecule has 180 valence electrons. The number of hydrogen-bond donors (Lipinski definition) is 3. The maximum Gasteiger partial charge on any atom is 0.306 e. The van der Waals surface area contributed by atoms with Crippen molar-refractivity contribution < 1.29 is 19.8 Å². The van der Waals surface area contributed by atoms with Gasteiger partial charge in [-0.3, -0.25) is 9.59 Å². The van der Waals surface area contributed by atoms with Crippen molar-refractivity contribution >= 4 is 29.5 Å². The maximum absolute atomic E-state index is 13.4. The number of thioether (sulfide) groups is 1. The summed E-state index contributed by atoms with van der Waals surface area (Å²) in [4.78, 5) is 31.7. The number of aromatic nitrogens is 1. The first-order valence-electron chi connectivity index (χ1n) is 12.5. The second-order valence-corrected chi connectivity index (χ2v) is 11.7. The molecule has 3 N–H and O–H groups in total. The van der Waals surface area contributed by atoms with Crippen molar-refractivity contribution in [1.29, 1.82) is 0 Å². The van der Waals surface area contributed by atoms with Crippen LogP contribution in [0, 0.1) is 23.7 Å². The quantitative estimate of drug-likeness (QED) is 0.521. The van der Waals surface area contributed by atoms with Crippen LogP contribution in [0.25, 0.3) is 0 Å². The fourth-order valence-corrected chi connectivity index (χ4v) is 7.76. The predicted octanol–water partition coefficient (Wildman–Crippen LogP) is 3.55. The minimum absolute atomic E-state index is 0.0540. The Morgan fingerprint density at radius 3 is 2.48 bits per heavy atom. The molecule has 4 aliphatic carbocycles. The molecule has 5 fully saturated rings. The third kappa shape index (κ3) is 4.61. The maximum atomic E-state index is 13.4. The minimum atomic E-state index is -0.717. The number of anilines is 1. The Bertz CT molecular complexity index is 901. The molecule has 1 aliphatic heterocycles. The molecule has 1 amide bonds. The van der Waals surface area contributed by atoms with Gasteiger partial charge in [-0.15, -0.1) is 11.8 Å². The van der Waals surface area contributed by atoms with Crippen LogP contribution >= 0.6 is 11.8 Å². The standard InChI is InChI=1S/C25H35N3O4S/c1-2-9-33-23-19(3-4-20(26-23)28-7-5-16(6-8-28)24(30)31)22(29)27-21-17-10-15-11-18(21)14-25(32,12-15)13-17/h3-4,15-18,21,32H,2,5-14H2,1H3,(H,27,29)(H,30,31)/t15?,17?,18?,21-,25+. The van der Waals surface area contributed by atoms with E-state index in [-0.39, 0.29) is 17.9 Å². The summed E-state index contributed by atoms with van der Waals surface area (Å²) in [6, 6.07) is 3.95. The van der Waals surface area contributed by atoms with Crippen molar-refractivity contribution in [2.24, 2.45) is 23.7 Å². The SMILES string of the molecule is CCCSc1nc(N2CCC(C(=O)O)CC2)ccc1C(=O)N[C@H]1C2CC3CC1C[C@@](O)(C3)C2. The van der Waals surface area contributed by atoms with Gasteiger partial charge in [0.05, 0.1) is 17.1 Å². The molecule has 4 saturated carbocycles. The van der Waals surface area contributed by atoms with E-state index < -0.39 is 11.6 Å². The summed E-state index contributed by atoms with van der Waals surface area (Å²) in [7, 11) is 0. The third-order valence-corrected chi connectivity index (χ3v) is 9.44. The average molecular weight is 474 g/mol. The molecule has 2 atom stereocenters. The predicted molar refractivity (Wildman–Crippen MR) is 128 cm³/mol. The molecule has 1 saturated heterocycles. The summed E-state index contributed by atoms with van der Waals surface area (Å²) in [6.45, 7) is 3.46. The largest absolute Gasteiger partial charge is 0.481 e. The van der Waals surface area contributed by atoms with Gasteiger partial charge in [0.15, 0.2) is 0 Å². The number of carboxylic acid groups (broad SMARTS) is 1. The van der Waals surface area contributed by atoms with Gasteiger partial charge in [-0.2, -0.15) is 0 Å². The molecule has 6 rings (SSSR count). The van der Waals surface area contributed by atoms with E-state index >= 15 is 0 Å². The molecule has 5 aliphatic rings. The highest BCUT2D eigenvalue weighted by atomic mass is 32.2. The molecule has 33 heavy (non-hydrogen) atoms. The topological polar surface area (TPSA) is 103 Å². The van der Waals surface area contributed by atoms with Crippen molar-refractivity contribution in [2.45, 2.75) is 75.0 Å². The summed E-state index contributed by atoms with van der Waals surface area (Å²) in [5.74, 6) is 2.03. The van der Waals surface area contributed by atoms with E-state index in [0.29, 0.717) is 49.2 Å². The van der Waals surface area contributed by atoms with Crippen molar-refractivity contribution in [1.82, 2.24) is 10.3 Å². The van der Waals surface area contributed by atoms with Crippen molar-refractivity contribution in [3.05, 3.63) is 17.7 Å². The highest BCUT2D eigenvalue weighted by Crippen LogP contribution is 2.55. The zero-order valence-corrected chi connectivity index (χ0v) is 20.1. The van der Waals surface area contributed by atoms with Gasteiger partial charge in [-0.05, 0) is 87.0 Å². The Kier molecular flexibility index (Phi) is 6.33. The fraction of sp³-hybridized carbons (Fsp3) is 0.720. The summed E-state index contributed by atoms with van der Waals surface area (Å²) in [5, 5.41) is 24.2. The van der Waals surface area contributed by atoms with E-state index in [1.165, 1.54) is 0 Å². The van der Waals surface area contributed by atoms with E-state index in [1.807, 2.05) is 12.1 Å². The summed E-state index contributed by atoms with van der Waals surface area (Å²) >= 11 is 1.62. The number of aliphatic hydroxyl groups is 1. The smallest absolute Gasteiger partial charge is 0.306 e. The van der Waals surface area contributed by atoms with Crippen LogP contribution in [0.3, 0.4) is 0 Å². The van der Waals surface area contributed by atoms with Crippen LogP contribution in [0.4, 0.5) is 5.82 Å². The lowest BCUT2D eigenvalue weighted by molar-refractivity contribution is -0.142. The summed E-state index contributed by atoms with van der Waals surface area (Å²) in [6.07, 6.45) is 7.03. The molecule has 1 aromatic heterocycles. The summed E-state index contributed by atoms with van der Waals surface area (Å²) in [5.41, 5.74) is 0.127. The lowest BCUT2D eigenvalue weighted by Gasteiger charge is -2.58. The van der Waals surface area contributed by atoms with Crippen molar-refractivity contribution in [3.63, 3.8) is 0 Å². The van der Waals surface area contributed by atoms with Gasteiger partial charge in [0.1, 0.15) is 10.8 Å². The number of carbonyl (C=O) groups excluding carboxylic acids is 1. The summed E-state index contributed by atoms with van der Waals surface area (Å²) < 4.78 is 0. The second-order valence-electron chi connectivity index (χ2n) is 10.7.